The number of ketones is 1. The third-order valence-corrected chi connectivity index (χ3v) is 6.21. The molecule has 2 aromatic rings. The standard InChI is InChI=1S/C26H26N2O4/c1-26(2)13-21-25(22(29)14-26)20(19-10-9-18(31-3)11-23(19)32-4)12-24(30)28(21)17-7-5-16(15-27)6-8-17/h5-11,20H,12-14H2,1-4H3. The molecule has 2 aliphatic rings. The highest BCUT2D eigenvalue weighted by Crippen LogP contribution is 2.49. The van der Waals surface area contributed by atoms with E-state index in [1.807, 2.05) is 26.0 Å². The van der Waals surface area contributed by atoms with Gasteiger partial charge in [-0.15, -0.1) is 0 Å². The van der Waals surface area contributed by atoms with E-state index in [0.717, 1.165) is 11.3 Å². The van der Waals surface area contributed by atoms with Crippen LogP contribution in [0.4, 0.5) is 5.69 Å². The van der Waals surface area contributed by atoms with Crippen molar-refractivity contribution in [3.8, 4) is 17.6 Å². The van der Waals surface area contributed by atoms with E-state index in [4.69, 9.17) is 14.7 Å². The average Bonchev–Trinajstić information content (AvgIpc) is 2.77. The van der Waals surface area contributed by atoms with Crippen LogP contribution in [0.15, 0.2) is 53.7 Å². The first kappa shape index (κ1) is 21.6. The largest absolute Gasteiger partial charge is 0.497 e. The molecular formula is C26H26N2O4. The molecule has 32 heavy (non-hydrogen) atoms. The van der Waals surface area contributed by atoms with E-state index < -0.39 is 0 Å². The summed E-state index contributed by atoms with van der Waals surface area (Å²) in [5.74, 6) is 0.847. The second-order valence-electron chi connectivity index (χ2n) is 9.05. The molecule has 0 radical (unpaired) electrons. The lowest BCUT2D eigenvalue weighted by molar-refractivity contribution is -0.121. The molecule has 164 valence electrons. The first-order chi connectivity index (χ1) is 15.3. The molecule has 6 heteroatoms. The van der Waals surface area contributed by atoms with Crippen LogP contribution in [0.1, 0.15) is 50.2 Å². The van der Waals surface area contributed by atoms with Gasteiger partial charge in [-0.3, -0.25) is 14.5 Å². The average molecular weight is 431 g/mol. The molecule has 1 heterocycles. The number of anilines is 1. The zero-order valence-corrected chi connectivity index (χ0v) is 18.8. The number of hydrogen-bond donors (Lipinski definition) is 0. The molecule has 1 aliphatic heterocycles. The summed E-state index contributed by atoms with van der Waals surface area (Å²) in [6.45, 7) is 4.10. The second-order valence-corrected chi connectivity index (χ2v) is 9.05. The van der Waals surface area contributed by atoms with Crippen molar-refractivity contribution in [3.63, 3.8) is 0 Å². The highest BCUT2D eigenvalue weighted by atomic mass is 16.5. The number of Topliss-reactive ketones (excluding diaryl/α,β-unsaturated/α-hetero) is 1. The lowest BCUT2D eigenvalue weighted by atomic mass is 9.69. The molecule has 0 spiro atoms. The summed E-state index contributed by atoms with van der Waals surface area (Å²) in [5, 5.41) is 9.12. The van der Waals surface area contributed by atoms with Crippen molar-refractivity contribution in [2.45, 2.75) is 39.0 Å². The number of hydrogen-bond acceptors (Lipinski definition) is 5. The van der Waals surface area contributed by atoms with Gasteiger partial charge in [0.15, 0.2) is 5.78 Å². The number of amides is 1. The van der Waals surface area contributed by atoms with Crippen LogP contribution < -0.4 is 14.4 Å². The molecule has 2 aromatic carbocycles. The Morgan fingerprint density at radius 3 is 2.38 bits per heavy atom. The summed E-state index contributed by atoms with van der Waals surface area (Å²) in [6.07, 6.45) is 1.19. The van der Waals surface area contributed by atoms with Gasteiger partial charge in [-0.05, 0) is 42.2 Å². The Labute approximate surface area is 188 Å². The molecule has 0 bridgehead atoms. The summed E-state index contributed by atoms with van der Waals surface area (Å²) in [7, 11) is 3.16. The Balaban J connectivity index is 1.89. The third-order valence-electron chi connectivity index (χ3n) is 6.21. The minimum Gasteiger partial charge on any atom is -0.497 e. The number of carbonyl (C=O) groups is 2. The summed E-state index contributed by atoms with van der Waals surface area (Å²) in [4.78, 5) is 28.6. The van der Waals surface area contributed by atoms with Crippen LogP contribution in [0, 0.1) is 16.7 Å². The van der Waals surface area contributed by atoms with Crippen LogP contribution in [-0.4, -0.2) is 25.9 Å². The zero-order chi connectivity index (χ0) is 23.0. The Bertz CT molecular complexity index is 1160. The molecule has 0 aromatic heterocycles. The SMILES string of the molecule is COc1ccc(C2CC(=O)N(c3ccc(C#N)cc3)C3=C2C(=O)CC(C)(C)C3)c(OC)c1. The van der Waals surface area contributed by atoms with Crippen molar-refractivity contribution >= 4 is 17.4 Å². The van der Waals surface area contributed by atoms with E-state index in [-0.39, 0.29) is 29.4 Å². The van der Waals surface area contributed by atoms with Crippen LogP contribution >= 0.6 is 0 Å². The highest BCUT2D eigenvalue weighted by Gasteiger charge is 2.45. The molecule has 1 atom stereocenters. The number of benzene rings is 2. The quantitative estimate of drug-likeness (QED) is 0.700. The number of nitriles is 1. The normalized spacial score (nSPS) is 20.0. The van der Waals surface area contributed by atoms with Gasteiger partial charge in [-0.2, -0.15) is 5.26 Å². The summed E-state index contributed by atoms with van der Waals surface area (Å²) >= 11 is 0. The lowest BCUT2D eigenvalue weighted by Crippen LogP contribution is -2.43. The van der Waals surface area contributed by atoms with Gasteiger partial charge < -0.3 is 9.47 Å². The van der Waals surface area contributed by atoms with Crippen LogP contribution in [-0.2, 0) is 9.59 Å². The van der Waals surface area contributed by atoms with E-state index in [1.165, 1.54) is 0 Å². The van der Waals surface area contributed by atoms with Crippen molar-refractivity contribution in [2.24, 2.45) is 5.41 Å². The van der Waals surface area contributed by atoms with E-state index in [2.05, 4.69) is 6.07 Å². The minimum absolute atomic E-state index is 0.0604. The Morgan fingerprint density at radius 2 is 1.75 bits per heavy atom. The molecule has 4 rings (SSSR count). The minimum atomic E-state index is -0.378. The molecule has 0 N–H and O–H groups in total. The fourth-order valence-corrected chi connectivity index (χ4v) is 4.77. The molecular weight excluding hydrogens is 404 g/mol. The smallest absolute Gasteiger partial charge is 0.232 e. The fourth-order valence-electron chi connectivity index (χ4n) is 4.77. The topological polar surface area (TPSA) is 79.6 Å². The molecule has 1 amide bonds. The van der Waals surface area contributed by atoms with Crippen LogP contribution in [0.3, 0.4) is 0 Å². The molecule has 0 fully saturated rings. The zero-order valence-electron chi connectivity index (χ0n) is 18.8. The van der Waals surface area contributed by atoms with E-state index in [0.29, 0.717) is 41.2 Å². The van der Waals surface area contributed by atoms with E-state index in [9.17, 15) is 9.59 Å². The van der Waals surface area contributed by atoms with Gasteiger partial charge in [0.2, 0.25) is 5.91 Å². The highest BCUT2D eigenvalue weighted by molar-refractivity contribution is 6.08. The number of ether oxygens (including phenoxy) is 2. The van der Waals surface area contributed by atoms with Gasteiger partial charge in [0.05, 0.1) is 25.9 Å². The van der Waals surface area contributed by atoms with E-state index in [1.54, 1.807) is 49.5 Å². The van der Waals surface area contributed by atoms with Crippen molar-refractivity contribution in [3.05, 3.63) is 64.9 Å². The lowest BCUT2D eigenvalue weighted by Gasteiger charge is -2.43. The Morgan fingerprint density at radius 1 is 1.03 bits per heavy atom. The third kappa shape index (κ3) is 3.75. The number of rotatable bonds is 4. The molecule has 1 unspecified atom stereocenters. The van der Waals surface area contributed by atoms with E-state index >= 15 is 0 Å². The second kappa shape index (κ2) is 8.16. The predicted octanol–water partition coefficient (Wildman–Crippen LogP) is 4.74. The fraction of sp³-hybridized carbons (Fsp3) is 0.346. The summed E-state index contributed by atoms with van der Waals surface area (Å²) < 4.78 is 10.9. The van der Waals surface area contributed by atoms with Gasteiger partial charge >= 0.3 is 0 Å². The number of nitrogens with zero attached hydrogens (tertiary/aromatic N) is 2. The first-order valence-corrected chi connectivity index (χ1v) is 10.6. The monoisotopic (exact) mass is 430 g/mol. The van der Waals surface area contributed by atoms with Crippen LogP contribution in [0.25, 0.3) is 0 Å². The van der Waals surface area contributed by atoms with Crippen molar-refractivity contribution in [1.82, 2.24) is 0 Å². The van der Waals surface area contributed by atoms with Gasteiger partial charge in [0.25, 0.3) is 0 Å². The van der Waals surface area contributed by atoms with Crippen molar-refractivity contribution in [1.29, 1.82) is 5.26 Å². The molecule has 0 saturated carbocycles. The molecule has 1 aliphatic carbocycles. The van der Waals surface area contributed by atoms with Crippen molar-refractivity contribution in [2.75, 3.05) is 19.1 Å². The van der Waals surface area contributed by atoms with Gasteiger partial charge in [-0.25, -0.2) is 0 Å². The molecule has 6 nitrogen and oxygen atoms in total. The van der Waals surface area contributed by atoms with Gasteiger partial charge in [-0.1, -0.05) is 19.9 Å². The Kier molecular flexibility index (Phi) is 5.52. The Hall–Kier alpha value is -3.59. The van der Waals surface area contributed by atoms with Crippen LogP contribution in [0.5, 0.6) is 11.5 Å². The number of carbonyl (C=O) groups excluding carboxylic acids is 2. The van der Waals surface area contributed by atoms with Crippen LogP contribution in [0.2, 0.25) is 0 Å². The van der Waals surface area contributed by atoms with Gasteiger partial charge in [0, 0.05) is 47.3 Å². The summed E-state index contributed by atoms with van der Waals surface area (Å²) in [6, 6.07) is 14.5. The summed E-state index contributed by atoms with van der Waals surface area (Å²) in [5.41, 5.74) is 3.17. The van der Waals surface area contributed by atoms with Gasteiger partial charge in [0.1, 0.15) is 11.5 Å². The maximum Gasteiger partial charge on any atom is 0.232 e. The molecule has 0 saturated heterocycles. The first-order valence-electron chi connectivity index (χ1n) is 10.6. The predicted molar refractivity (Wildman–Crippen MR) is 121 cm³/mol. The maximum absolute atomic E-state index is 13.5. The number of methoxy groups -OCH3 is 2. The maximum atomic E-state index is 13.5. The number of allylic oxidation sites excluding steroid dienone is 2. The van der Waals surface area contributed by atoms with Crippen molar-refractivity contribution < 1.29 is 19.1 Å².